The first-order valence-electron chi connectivity index (χ1n) is 6.90. The van der Waals surface area contributed by atoms with E-state index in [2.05, 4.69) is 15.3 Å². The van der Waals surface area contributed by atoms with Crippen LogP contribution in [0.3, 0.4) is 0 Å². The minimum atomic E-state index is -0.168. The predicted molar refractivity (Wildman–Crippen MR) is 85.5 cm³/mol. The number of thioether (sulfide) groups is 1. The van der Waals surface area contributed by atoms with Crippen molar-refractivity contribution in [2.75, 3.05) is 5.75 Å². The number of carbonyl (C=O) groups is 1. The molecule has 1 amide bonds. The Morgan fingerprint density at radius 2 is 1.90 bits per heavy atom. The van der Waals surface area contributed by atoms with Gasteiger partial charge in [-0.3, -0.25) is 4.79 Å². The van der Waals surface area contributed by atoms with Gasteiger partial charge in [-0.25, -0.2) is 9.97 Å². The Bertz CT molecular complexity index is 626. The van der Waals surface area contributed by atoms with Gasteiger partial charge in [0, 0.05) is 12.2 Å². The molecule has 0 saturated heterocycles. The highest BCUT2D eigenvalue weighted by atomic mass is 32.2. The monoisotopic (exact) mass is 301 g/mol. The predicted octanol–water partition coefficient (Wildman–Crippen LogP) is 3.14. The van der Waals surface area contributed by atoms with Gasteiger partial charge in [-0.05, 0) is 31.2 Å². The fourth-order valence-corrected chi connectivity index (χ4v) is 2.46. The summed E-state index contributed by atoms with van der Waals surface area (Å²) in [4.78, 5) is 20.8. The first kappa shape index (κ1) is 15.5. The standard InChI is InChI=1S/C16H19N3OS/c1-4-21-16-18-12(3)9-14(19-16)15(20)17-10-13-7-5-11(2)6-8-13/h5-9H,4,10H2,1-3H3,(H,17,20). The summed E-state index contributed by atoms with van der Waals surface area (Å²) in [7, 11) is 0. The fourth-order valence-electron chi connectivity index (χ4n) is 1.83. The number of carbonyl (C=O) groups excluding carboxylic acids is 1. The number of benzene rings is 1. The second-order valence-electron chi connectivity index (χ2n) is 4.78. The van der Waals surface area contributed by atoms with E-state index in [1.165, 1.54) is 17.3 Å². The number of aryl methyl sites for hydroxylation is 2. The zero-order valence-corrected chi connectivity index (χ0v) is 13.3. The molecule has 0 atom stereocenters. The summed E-state index contributed by atoms with van der Waals surface area (Å²) < 4.78 is 0. The van der Waals surface area contributed by atoms with Crippen molar-refractivity contribution in [1.29, 1.82) is 0 Å². The molecule has 0 unspecified atom stereocenters. The van der Waals surface area contributed by atoms with Crippen LogP contribution in [0.2, 0.25) is 0 Å². The average molecular weight is 301 g/mol. The van der Waals surface area contributed by atoms with E-state index in [1.807, 2.05) is 45.0 Å². The molecular weight excluding hydrogens is 282 g/mol. The van der Waals surface area contributed by atoms with Crippen LogP contribution in [0.25, 0.3) is 0 Å². The van der Waals surface area contributed by atoms with E-state index < -0.39 is 0 Å². The minimum absolute atomic E-state index is 0.168. The molecule has 1 N–H and O–H groups in total. The van der Waals surface area contributed by atoms with Crippen LogP contribution >= 0.6 is 11.8 Å². The summed E-state index contributed by atoms with van der Waals surface area (Å²) >= 11 is 1.53. The van der Waals surface area contributed by atoms with Crippen LogP contribution in [-0.2, 0) is 6.54 Å². The van der Waals surface area contributed by atoms with Crippen LogP contribution in [0, 0.1) is 13.8 Å². The molecule has 4 nitrogen and oxygen atoms in total. The third-order valence-electron chi connectivity index (χ3n) is 2.91. The highest BCUT2D eigenvalue weighted by molar-refractivity contribution is 7.99. The van der Waals surface area contributed by atoms with E-state index in [4.69, 9.17) is 0 Å². The van der Waals surface area contributed by atoms with Crippen LogP contribution in [0.5, 0.6) is 0 Å². The number of hydrogen-bond acceptors (Lipinski definition) is 4. The molecular formula is C16H19N3OS. The molecule has 21 heavy (non-hydrogen) atoms. The Kier molecular flexibility index (Phi) is 5.33. The smallest absolute Gasteiger partial charge is 0.270 e. The SMILES string of the molecule is CCSc1nc(C)cc(C(=O)NCc2ccc(C)cc2)n1. The lowest BCUT2D eigenvalue weighted by atomic mass is 10.1. The van der Waals surface area contributed by atoms with Crippen molar-refractivity contribution in [2.24, 2.45) is 0 Å². The van der Waals surface area contributed by atoms with Gasteiger partial charge in [-0.1, -0.05) is 48.5 Å². The fraction of sp³-hybridized carbons (Fsp3) is 0.312. The molecule has 0 aliphatic heterocycles. The van der Waals surface area contributed by atoms with Gasteiger partial charge in [-0.15, -0.1) is 0 Å². The molecule has 5 heteroatoms. The number of nitrogens with one attached hydrogen (secondary N) is 1. The third kappa shape index (κ3) is 4.56. The van der Waals surface area contributed by atoms with Gasteiger partial charge in [0.2, 0.25) is 0 Å². The first-order chi connectivity index (χ1) is 10.1. The van der Waals surface area contributed by atoms with Crippen LogP contribution in [0.15, 0.2) is 35.5 Å². The maximum absolute atomic E-state index is 12.2. The number of hydrogen-bond donors (Lipinski definition) is 1. The minimum Gasteiger partial charge on any atom is -0.347 e. The van der Waals surface area contributed by atoms with E-state index >= 15 is 0 Å². The van der Waals surface area contributed by atoms with Crippen molar-refractivity contribution in [2.45, 2.75) is 32.5 Å². The average Bonchev–Trinajstić information content (AvgIpc) is 2.46. The first-order valence-corrected chi connectivity index (χ1v) is 7.89. The Balaban J connectivity index is 2.04. The second-order valence-corrected chi connectivity index (χ2v) is 6.01. The molecule has 0 saturated carbocycles. The maximum Gasteiger partial charge on any atom is 0.270 e. The van der Waals surface area contributed by atoms with E-state index in [0.29, 0.717) is 17.4 Å². The van der Waals surface area contributed by atoms with Gasteiger partial charge in [0.15, 0.2) is 5.16 Å². The Labute approximate surface area is 129 Å². The van der Waals surface area contributed by atoms with Crippen molar-refractivity contribution in [3.05, 3.63) is 52.8 Å². The lowest BCUT2D eigenvalue weighted by Crippen LogP contribution is -2.24. The lowest BCUT2D eigenvalue weighted by molar-refractivity contribution is 0.0945. The molecule has 1 aromatic heterocycles. The van der Waals surface area contributed by atoms with Crippen molar-refractivity contribution in [1.82, 2.24) is 15.3 Å². The molecule has 0 spiro atoms. The van der Waals surface area contributed by atoms with Crippen molar-refractivity contribution in [3.63, 3.8) is 0 Å². The molecule has 1 aromatic carbocycles. The molecule has 0 fully saturated rings. The zero-order valence-electron chi connectivity index (χ0n) is 12.5. The highest BCUT2D eigenvalue weighted by Crippen LogP contribution is 2.13. The van der Waals surface area contributed by atoms with Gasteiger partial charge < -0.3 is 5.32 Å². The number of nitrogens with zero attached hydrogens (tertiary/aromatic N) is 2. The Morgan fingerprint density at radius 3 is 2.57 bits per heavy atom. The van der Waals surface area contributed by atoms with Gasteiger partial charge in [0.05, 0.1) is 0 Å². The number of amides is 1. The molecule has 1 heterocycles. The molecule has 0 aliphatic carbocycles. The van der Waals surface area contributed by atoms with Crippen LogP contribution in [0.1, 0.15) is 34.2 Å². The van der Waals surface area contributed by atoms with E-state index in [-0.39, 0.29) is 5.91 Å². The lowest BCUT2D eigenvalue weighted by Gasteiger charge is -2.07. The second kappa shape index (κ2) is 7.22. The largest absolute Gasteiger partial charge is 0.347 e. The Hall–Kier alpha value is -1.88. The van der Waals surface area contributed by atoms with Gasteiger partial charge in [0.1, 0.15) is 5.69 Å². The summed E-state index contributed by atoms with van der Waals surface area (Å²) in [6, 6.07) is 9.81. The molecule has 0 aliphatic rings. The van der Waals surface area contributed by atoms with E-state index in [0.717, 1.165) is 17.0 Å². The Morgan fingerprint density at radius 1 is 1.19 bits per heavy atom. The van der Waals surface area contributed by atoms with Crippen LogP contribution in [0.4, 0.5) is 0 Å². The summed E-state index contributed by atoms with van der Waals surface area (Å²) in [5.41, 5.74) is 3.51. The van der Waals surface area contributed by atoms with Crippen LogP contribution in [-0.4, -0.2) is 21.6 Å². The van der Waals surface area contributed by atoms with Gasteiger partial charge in [-0.2, -0.15) is 0 Å². The number of aromatic nitrogens is 2. The summed E-state index contributed by atoms with van der Waals surface area (Å²) in [5, 5.41) is 3.54. The molecule has 2 rings (SSSR count). The normalized spacial score (nSPS) is 10.4. The quantitative estimate of drug-likeness (QED) is 0.681. The topological polar surface area (TPSA) is 54.9 Å². The zero-order chi connectivity index (χ0) is 15.2. The number of rotatable bonds is 5. The summed E-state index contributed by atoms with van der Waals surface area (Å²) in [6.45, 7) is 6.45. The van der Waals surface area contributed by atoms with Crippen molar-refractivity contribution in [3.8, 4) is 0 Å². The summed E-state index contributed by atoms with van der Waals surface area (Å²) in [5.74, 6) is 0.715. The van der Waals surface area contributed by atoms with Gasteiger partial charge >= 0.3 is 0 Å². The maximum atomic E-state index is 12.2. The molecule has 0 radical (unpaired) electrons. The molecule has 2 aromatic rings. The van der Waals surface area contributed by atoms with Crippen molar-refractivity contribution >= 4 is 17.7 Å². The summed E-state index contributed by atoms with van der Waals surface area (Å²) in [6.07, 6.45) is 0. The van der Waals surface area contributed by atoms with E-state index in [1.54, 1.807) is 6.07 Å². The third-order valence-corrected chi connectivity index (χ3v) is 3.64. The van der Waals surface area contributed by atoms with Crippen LogP contribution < -0.4 is 5.32 Å². The van der Waals surface area contributed by atoms with E-state index in [9.17, 15) is 4.79 Å². The molecule has 0 bridgehead atoms. The van der Waals surface area contributed by atoms with Gasteiger partial charge in [0.25, 0.3) is 5.91 Å². The molecule has 110 valence electrons. The highest BCUT2D eigenvalue weighted by Gasteiger charge is 2.10. The van der Waals surface area contributed by atoms with Crippen molar-refractivity contribution < 1.29 is 4.79 Å².